The van der Waals surface area contributed by atoms with Crippen molar-refractivity contribution in [3.8, 4) is 0 Å². The zero-order chi connectivity index (χ0) is 12.8. The largest absolute Gasteiger partial charge is 0.545 e. The van der Waals surface area contributed by atoms with E-state index in [4.69, 9.17) is 4.74 Å². The fourth-order valence-corrected chi connectivity index (χ4v) is 1.25. The molecular formula is C13H15O4-. The Morgan fingerprint density at radius 3 is 2.41 bits per heavy atom. The number of hydrogen-bond acceptors (Lipinski definition) is 4. The molecule has 4 heteroatoms. The van der Waals surface area contributed by atoms with Crippen molar-refractivity contribution in [1.29, 1.82) is 0 Å². The second-order valence-corrected chi connectivity index (χ2v) is 3.94. The highest BCUT2D eigenvalue weighted by Gasteiger charge is 2.13. The molecule has 4 nitrogen and oxygen atoms in total. The summed E-state index contributed by atoms with van der Waals surface area (Å²) >= 11 is 0. The van der Waals surface area contributed by atoms with Crippen molar-refractivity contribution < 1.29 is 19.4 Å². The van der Waals surface area contributed by atoms with Crippen molar-refractivity contribution in [1.82, 2.24) is 0 Å². The Hall–Kier alpha value is -1.84. The number of hydrogen-bond donors (Lipinski definition) is 0. The quantitative estimate of drug-likeness (QED) is 0.720. The molecule has 1 aromatic rings. The third-order valence-corrected chi connectivity index (χ3v) is 2.56. The van der Waals surface area contributed by atoms with E-state index in [9.17, 15) is 14.7 Å². The maximum absolute atomic E-state index is 11.7. The van der Waals surface area contributed by atoms with Crippen LogP contribution in [0.15, 0.2) is 24.3 Å². The fraction of sp³-hybridized carbons (Fsp3) is 0.385. The molecule has 0 fully saturated rings. The van der Waals surface area contributed by atoms with E-state index < -0.39 is 11.9 Å². The van der Waals surface area contributed by atoms with Crippen molar-refractivity contribution in [3.63, 3.8) is 0 Å². The molecule has 0 heterocycles. The zero-order valence-corrected chi connectivity index (χ0v) is 9.93. The van der Waals surface area contributed by atoms with Gasteiger partial charge in [-0.2, -0.15) is 0 Å². The summed E-state index contributed by atoms with van der Waals surface area (Å²) in [5.74, 6) is -1.74. The van der Waals surface area contributed by atoms with E-state index in [1.807, 2.05) is 13.8 Å². The van der Waals surface area contributed by atoms with Gasteiger partial charge in [0.05, 0.1) is 18.1 Å². The van der Waals surface area contributed by atoms with Gasteiger partial charge in [0.15, 0.2) is 0 Å². The first-order valence-electron chi connectivity index (χ1n) is 5.53. The average Bonchev–Trinajstić information content (AvgIpc) is 2.35. The lowest BCUT2D eigenvalue weighted by atomic mass is 10.1. The molecule has 1 aromatic carbocycles. The Balaban J connectivity index is 2.78. The lowest BCUT2D eigenvalue weighted by Gasteiger charge is -2.12. The van der Waals surface area contributed by atoms with Crippen LogP contribution in [-0.2, 0) is 4.74 Å². The first kappa shape index (κ1) is 13.2. The Morgan fingerprint density at radius 2 is 1.88 bits per heavy atom. The predicted molar refractivity (Wildman–Crippen MR) is 60.5 cm³/mol. The smallest absolute Gasteiger partial charge is 0.338 e. The van der Waals surface area contributed by atoms with Gasteiger partial charge in [0, 0.05) is 5.56 Å². The van der Waals surface area contributed by atoms with Crippen molar-refractivity contribution in [3.05, 3.63) is 35.4 Å². The van der Waals surface area contributed by atoms with Crippen LogP contribution in [0, 0.1) is 5.92 Å². The van der Waals surface area contributed by atoms with Gasteiger partial charge in [0.2, 0.25) is 0 Å². The van der Waals surface area contributed by atoms with E-state index in [0.29, 0.717) is 0 Å². The van der Waals surface area contributed by atoms with Gasteiger partial charge in [-0.15, -0.1) is 0 Å². The van der Waals surface area contributed by atoms with E-state index in [1.165, 1.54) is 18.2 Å². The van der Waals surface area contributed by atoms with E-state index in [2.05, 4.69) is 0 Å². The van der Waals surface area contributed by atoms with Crippen LogP contribution >= 0.6 is 0 Å². The number of carboxylic acid groups (broad SMARTS) is 1. The molecule has 0 radical (unpaired) electrons. The summed E-state index contributed by atoms with van der Waals surface area (Å²) in [7, 11) is 0. The SMILES string of the molecule is CC[C@H](C)COC(=O)c1ccccc1C(=O)[O-]. The molecule has 0 unspecified atom stereocenters. The third-order valence-electron chi connectivity index (χ3n) is 2.56. The molecule has 0 saturated heterocycles. The number of carbonyl (C=O) groups excluding carboxylic acids is 2. The summed E-state index contributed by atoms with van der Waals surface area (Å²) in [6, 6.07) is 5.88. The maximum atomic E-state index is 11.7. The monoisotopic (exact) mass is 235 g/mol. The minimum atomic E-state index is -1.37. The van der Waals surface area contributed by atoms with Crippen LogP contribution in [0.25, 0.3) is 0 Å². The number of carboxylic acids is 1. The Morgan fingerprint density at radius 1 is 1.29 bits per heavy atom. The highest BCUT2D eigenvalue weighted by Crippen LogP contribution is 2.11. The van der Waals surface area contributed by atoms with Crippen LogP contribution in [0.1, 0.15) is 41.0 Å². The molecule has 0 saturated carbocycles. The summed E-state index contributed by atoms with van der Waals surface area (Å²) in [4.78, 5) is 22.5. The van der Waals surface area contributed by atoms with Crippen LogP contribution in [0.4, 0.5) is 0 Å². The van der Waals surface area contributed by atoms with Crippen LogP contribution < -0.4 is 5.11 Å². The zero-order valence-electron chi connectivity index (χ0n) is 9.93. The molecule has 0 aliphatic heterocycles. The van der Waals surface area contributed by atoms with E-state index in [1.54, 1.807) is 6.07 Å². The molecule has 1 rings (SSSR count). The van der Waals surface area contributed by atoms with Gasteiger partial charge in [-0.3, -0.25) is 0 Å². The second kappa shape index (κ2) is 6.03. The van der Waals surface area contributed by atoms with Crippen molar-refractivity contribution in [2.24, 2.45) is 5.92 Å². The summed E-state index contributed by atoms with van der Waals surface area (Å²) in [6.45, 7) is 4.24. The van der Waals surface area contributed by atoms with Crippen LogP contribution in [0.3, 0.4) is 0 Å². The molecule has 0 amide bonds. The Labute approximate surface area is 100 Å². The molecule has 1 atom stereocenters. The number of carbonyl (C=O) groups is 2. The first-order chi connectivity index (χ1) is 8.06. The van der Waals surface area contributed by atoms with Crippen molar-refractivity contribution in [2.45, 2.75) is 20.3 Å². The van der Waals surface area contributed by atoms with Gasteiger partial charge >= 0.3 is 5.97 Å². The summed E-state index contributed by atoms with van der Waals surface area (Å²) in [6.07, 6.45) is 0.898. The lowest BCUT2D eigenvalue weighted by molar-refractivity contribution is -0.255. The van der Waals surface area contributed by atoms with Gasteiger partial charge < -0.3 is 14.6 Å². The van der Waals surface area contributed by atoms with Gasteiger partial charge in [0.1, 0.15) is 0 Å². The summed E-state index contributed by atoms with van der Waals surface area (Å²) < 4.78 is 5.04. The second-order valence-electron chi connectivity index (χ2n) is 3.94. The fourth-order valence-electron chi connectivity index (χ4n) is 1.25. The normalized spacial score (nSPS) is 11.9. The number of esters is 1. The minimum Gasteiger partial charge on any atom is -0.545 e. The number of aromatic carboxylic acids is 1. The summed E-state index contributed by atoms with van der Waals surface area (Å²) in [5.41, 5.74) is -0.0996. The van der Waals surface area contributed by atoms with Gasteiger partial charge in [-0.05, 0) is 12.0 Å². The standard InChI is InChI=1S/C13H16O4/c1-3-9(2)8-17-13(16)11-7-5-4-6-10(11)12(14)15/h4-7,9H,3,8H2,1-2H3,(H,14,15)/p-1/t9-/m0/s1. The van der Waals surface area contributed by atoms with Crippen LogP contribution in [-0.4, -0.2) is 18.5 Å². The molecule has 0 aliphatic rings. The minimum absolute atomic E-state index is 0.0378. The molecule has 0 spiro atoms. The lowest BCUT2D eigenvalue weighted by Crippen LogP contribution is -2.25. The first-order valence-corrected chi connectivity index (χ1v) is 5.53. The molecule has 0 aromatic heterocycles. The number of benzene rings is 1. The molecule has 17 heavy (non-hydrogen) atoms. The average molecular weight is 235 g/mol. The van der Waals surface area contributed by atoms with Gasteiger partial charge in [0.25, 0.3) is 0 Å². The third kappa shape index (κ3) is 3.59. The Kier molecular flexibility index (Phi) is 4.69. The molecule has 0 N–H and O–H groups in total. The van der Waals surface area contributed by atoms with E-state index in [-0.39, 0.29) is 23.7 Å². The number of rotatable bonds is 5. The van der Waals surface area contributed by atoms with Crippen LogP contribution in [0.2, 0.25) is 0 Å². The Bertz CT molecular complexity index is 412. The highest BCUT2D eigenvalue weighted by molar-refractivity contribution is 6.01. The maximum Gasteiger partial charge on any atom is 0.338 e. The molecule has 92 valence electrons. The highest BCUT2D eigenvalue weighted by atomic mass is 16.5. The van der Waals surface area contributed by atoms with Crippen molar-refractivity contribution >= 4 is 11.9 Å². The van der Waals surface area contributed by atoms with Gasteiger partial charge in [-0.1, -0.05) is 38.5 Å². The molecule has 0 bridgehead atoms. The van der Waals surface area contributed by atoms with Gasteiger partial charge in [-0.25, -0.2) is 4.79 Å². The predicted octanol–water partition coefficient (Wildman–Crippen LogP) is 1.25. The summed E-state index contributed by atoms with van der Waals surface area (Å²) in [5, 5.41) is 10.8. The van der Waals surface area contributed by atoms with Crippen LogP contribution in [0.5, 0.6) is 0 Å². The van der Waals surface area contributed by atoms with Crippen molar-refractivity contribution in [2.75, 3.05) is 6.61 Å². The molecule has 0 aliphatic carbocycles. The van der Waals surface area contributed by atoms with E-state index >= 15 is 0 Å². The van der Waals surface area contributed by atoms with E-state index in [0.717, 1.165) is 6.42 Å². The molecular weight excluding hydrogens is 220 g/mol. The topological polar surface area (TPSA) is 66.4 Å². The number of ether oxygens (including phenoxy) is 1.